The summed E-state index contributed by atoms with van der Waals surface area (Å²) in [7, 11) is 0. The van der Waals surface area contributed by atoms with E-state index < -0.39 is 11.2 Å². The molecule has 3 nitrogen and oxygen atoms in total. The summed E-state index contributed by atoms with van der Waals surface area (Å²) in [6.07, 6.45) is 0.612. The van der Waals surface area contributed by atoms with E-state index in [0.717, 1.165) is 5.56 Å². The molecule has 2 atom stereocenters. The Morgan fingerprint density at radius 2 is 2.00 bits per heavy atom. The highest BCUT2D eigenvalue weighted by atomic mass is 32.2. The van der Waals surface area contributed by atoms with Crippen LogP contribution in [0.3, 0.4) is 0 Å². The van der Waals surface area contributed by atoms with Gasteiger partial charge >= 0.3 is 5.97 Å². The van der Waals surface area contributed by atoms with Crippen LogP contribution in [0.25, 0.3) is 0 Å². The molecule has 0 aliphatic carbocycles. The number of carboxylic acid groups (broad SMARTS) is 1. The van der Waals surface area contributed by atoms with Gasteiger partial charge in [0.25, 0.3) is 0 Å². The summed E-state index contributed by atoms with van der Waals surface area (Å²) in [5.41, 5.74) is 0.796. The molecule has 2 N–H and O–H groups in total. The predicted octanol–water partition coefficient (Wildman–Crippen LogP) is 2.32. The van der Waals surface area contributed by atoms with E-state index in [2.05, 4.69) is 0 Å². The van der Waals surface area contributed by atoms with Crippen LogP contribution in [0.4, 0.5) is 0 Å². The number of benzene rings is 1. The number of thioether (sulfide) groups is 1. The van der Waals surface area contributed by atoms with Crippen LogP contribution in [0, 0.1) is 0 Å². The van der Waals surface area contributed by atoms with Gasteiger partial charge in [-0.3, -0.25) is 4.79 Å². The van der Waals surface area contributed by atoms with Gasteiger partial charge in [-0.1, -0.05) is 37.3 Å². The van der Waals surface area contributed by atoms with Gasteiger partial charge < -0.3 is 10.2 Å². The van der Waals surface area contributed by atoms with Crippen molar-refractivity contribution in [2.45, 2.75) is 23.8 Å². The number of hydrogen-bond acceptors (Lipinski definition) is 3. The second-order valence-corrected chi connectivity index (χ2v) is 5.14. The highest BCUT2D eigenvalue weighted by Gasteiger charge is 2.22. The predicted molar refractivity (Wildman–Crippen MR) is 65.6 cm³/mol. The van der Waals surface area contributed by atoms with Gasteiger partial charge in [0.2, 0.25) is 0 Å². The summed E-state index contributed by atoms with van der Waals surface area (Å²) in [6, 6.07) is 9.17. The van der Waals surface area contributed by atoms with Crippen molar-refractivity contribution in [2.24, 2.45) is 0 Å². The topological polar surface area (TPSA) is 57.5 Å². The summed E-state index contributed by atoms with van der Waals surface area (Å²) in [4.78, 5) is 11.2. The standard InChI is InChI=1S/C12H16O3S/c1-9(7-8-13)16-11(12(14)15)10-5-3-2-4-6-10/h2-6,9,11,13H,7-8H2,1H3,(H,14,15). The fourth-order valence-electron chi connectivity index (χ4n) is 1.39. The van der Waals surface area contributed by atoms with Crippen molar-refractivity contribution in [2.75, 3.05) is 6.61 Å². The van der Waals surface area contributed by atoms with Crippen molar-refractivity contribution >= 4 is 17.7 Å². The highest BCUT2D eigenvalue weighted by Crippen LogP contribution is 2.33. The Morgan fingerprint density at radius 1 is 1.38 bits per heavy atom. The Morgan fingerprint density at radius 3 is 2.50 bits per heavy atom. The molecule has 0 radical (unpaired) electrons. The number of carboxylic acids is 1. The molecule has 0 aliphatic heterocycles. The fourth-order valence-corrected chi connectivity index (χ4v) is 2.53. The molecule has 88 valence electrons. The minimum Gasteiger partial charge on any atom is -0.480 e. The molecule has 0 aliphatic rings. The first kappa shape index (κ1) is 13.1. The first-order valence-electron chi connectivity index (χ1n) is 5.19. The van der Waals surface area contributed by atoms with Crippen molar-refractivity contribution in [3.05, 3.63) is 35.9 Å². The van der Waals surface area contributed by atoms with Gasteiger partial charge in [0.1, 0.15) is 5.25 Å². The summed E-state index contributed by atoms with van der Waals surface area (Å²) in [6.45, 7) is 2.02. The zero-order chi connectivity index (χ0) is 12.0. The molecule has 0 aromatic heterocycles. The lowest BCUT2D eigenvalue weighted by Gasteiger charge is -2.16. The lowest BCUT2D eigenvalue weighted by molar-refractivity contribution is -0.136. The fraction of sp³-hybridized carbons (Fsp3) is 0.417. The smallest absolute Gasteiger partial charge is 0.321 e. The maximum Gasteiger partial charge on any atom is 0.321 e. The summed E-state index contributed by atoms with van der Waals surface area (Å²) >= 11 is 1.37. The van der Waals surface area contributed by atoms with Crippen molar-refractivity contribution in [3.63, 3.8) is 0 Å². The first-order valence-corrected chi connectivity index (χ1v) is 6.13. The van der Waals surface area contributed by atoms with Gasteiger partial charge in [-0.15, -0.1) is 11.8 Å². The van der Waals surface area contributed by atoms with Gasteiger partial charge in [0.15, 0.2) is 0 Å². The van der Waals surface area contributed by atoms with Crippen molar-refractivity contribution in [1.82, 2.24) is 0 Å². The Balaban J connectivity index is 2.73. The van der Waals surface area contributed by atoms with Crippen LogP contribution in [0.2, 0.25) is 0 Å². The molecular formula is C12H16O3S. The van der Waals surface area contributed by atoms with Gasteiger partial charge in [-0.2, -0.15) is 0 Å². The molecule has 0 amide bonds. The van der Waals surface area contributed by atoms with Crippen LogP contribution in [0.1, 0.15) is 24.2 Å². The average Bonchev–Trinajstić information content (AvgIpc) is 2.27. The van der Waals surface area contributed by atoms with Crippen molar-refractivity contribution < 1.29 is 15.0 Å². The van der Waals surface area contributed by atoms with Crippen LogP contribution >= 0.6 is 11.8 Å². The Labute approximate surface area is 99.5 Å². The summed E-state index contributed by atoms with van der Waals surface area (Å²) < 4.78 is 0. The minimum absolute atomic E-state index is 0.0926. The molecule has 1 rings (SSSR count). The number of aliphatic carboxylic acids is 1. The molecule has 1 aromatic carbocycles. The molecule has 0 saturated heterocycles. The van der Waals surface area contributed by atoms with Crippen molar-refractivity contribution in [3.8, 4) is 0 Å². The Hall–Kier alpha value is -1.00. The van der Waals surface area contributed by atoms with E-state index in [1.165, 1.54) is 11.8 Å². The van der Waals surface area contributed by atoms with E-state index in [1.807, 2.05) is 37.3 Å². The third-order valence-electron chi connectivity index (χ3n) is 2.23. The Bertz CT molecular complexity index is 326. The second-order valence-electron chi connectivity index (χ2n) is 3.59. The van der Waals surface area contributed by atoms with Crippen LogP contribution in [0.5, 0.6) is 0 Å². The van der Waals surface area contributed by atoms with E-state index in [4.69, 9.17) is 10.2 Å². The second kappa shape index (κ2) is 6.55. The van der Waals surface area contributed by atoms with E-state index >= 15 is 0 Å². The third-order valence-corrected chi connectivity index (χ3v) is 3.68. The molecule has 0 bridgehead atoms. The lowest BCUT2D eigenvalue weighted by atomic mass is 10.1. The zero-order valence-corrected chi connectivity index (χ0v) is 9.98. The van der Waals surface area contributed by atoms with Crippen LogP contribution in [-0.4, -0.2) is 28.0 Å². The number of rotatable bonds is 6. The highest BCUT2D eigenvalue weighted by molar-refractivity contribution is 8.00. The molecule has 2 unspecified atom stereocenters. The first-order chi connectivity index (χ1) is 7.65. The van der Waals surface area contributed by atoms with E-state index in [9.17, 15) is 4.79 Å². The maximum atomic E-state index is 11.2. The van der Waals surface area contributed by atoms with E-state index in [1.54, 1.807) is 0 Å². The number of carbonyl (C=O) groups is 1. The van der Waals surface area contributed by atoms with Crippen molar-refractivity contribution in [1.29, 1.82) is 0 Å². The van der Waals surface area contributed by atoms with E-state index in [-0.39, 0.29) is 11.9 Å². The molecule has 0 saturated carbocycles. The monoisotopic (exact) mass is 240 g/mol. The maximum absolute atomic E-state index is 11.2. The van der Waals surface area contributed by atoms with Gasteiger partial charge in [-0.25, -0.2) is 0 Å². The summed E-state index contributed by atoms with van der Waals surface area (Å²) in [5, 5.41) is 17.5. The number of hydrogen-bond donors (Lipinski definition) is 2. The summed E-state index contributed by atoms with van der Waals surface area (Å²) in [5.74, 6) is -0.832. The quantitative estimate of drug-likeness (QED) is 0.801. The molecule has 4 heteroatoms. The average molecular weight is 240 g/mol. The van der Waals surface area contributed by atoms with Crippen LogP contribution in [-0.2, 0) is 4.79 Å². The zero-order valence-electron chi connectivity index (χ0n) is 9.17. The molecule has 0 heterocycles. The molecule has 0 spiro atoms. The largest absolute Gasteiger partial charge is 0.480 e. The SMILES string of the molecule is CC(CCO)SC(C(=O)O)c1ccccc1. The van der Waals surface area contributed by atoms with Gasteiger partial charge in [-0.05, 0) is 12.0 Å². The van der Waals surface area contributed by atoms with Gasteiger partial charge in [0, 0.05) is 11.9 Å². The number of aliphatic hydroxyl groups is 1. The van der Waals surface area contributed by atoms with Crippen LogP contribution < -0.4 is 0 Å². The normalized spacial score (nSPS) is 14.4. The Kier molecular flexibility index (Phi) is 5.35. The van der Waals surface area contributed by atoms with Crippen LogP contribution in [0.15, 0.2) is 30.3 Å². The number of aliphatic hydroxyl groups excluding tert-OH is 1. The molecule has 0 fully saturated rings. The molecular weight excluding hydrogens is 224 g/mol. The van der Waals surface area contributed by atoms with Gasteiger partial charge in [0.05, 0.1) is 0 Å². The lowest BCUT2D eigenvalue weighted by Crippen LogP contribution is -2.12. The van der Waals surface area contributed by atoms with E-state index in [0.29, 0.717) is 6.42 Å². The molecule has 16 heavy (non-hydrogen) atoms. The third kappa shape index (κ3) is 3.87. The minimum atomic E-state index is -0.832. The molecule has 1 aromatic rings.